The number of carbonyl (C=O) groups excluding carboxylic acids is 1. The lowest BCUT2D eigenvalue weighted by Crippen LogP contribution is -2.23. The number of nitrogens with zero attached hydrogens (tertiary/aromatic N) is 2. The van der Waals surface area contributed by atoms with Crippen molar-refractivity contribution in [1.29, 1.82) is 0 Å². The fourth-order valence-electron chi connectivity index (χ4n) is 2.38. The van der Waals surface area contributed by atoms with Gasteiger partial charge in [-0.2, -0.15) is 0 Å². The van der Waals surface area contributed by atoms with Gasteiger partial charge in [0, 0.05) is 18.3 Å². The molecule has 0 aliphatic rings. The minimum Gasteiger partial charge on any atom is -0.497 e. The number of anilines is 2. The Hall–Kier alpha value is -3.07. The standard InChI is InChI=1S/C17H20ClN5O4/c1-3-12-14(18)23-16(13(22-12)15(19)24)21-10-6-9(4-5-20-17(25)26)7-11(8-10)27-2/h6-8,20H,3-5H2,1-2H3,(H2,19,24)(H,21,23)(H,25,26). The molecule has 1 aromatic heterocycles. The molecule has 0 atom stereocenters. The second-order valence-electron chi connectivity index (χ2n) is 5.55. The van der Waals surface area contributed by atoms with Crippen LogP contribution in [0.25, 0.3) is 0 Å². The molecule has 0 saturated heterocycles. The van der Waals surface area contributed by atoms with Gasteiger partial charge >= 0.3 is 6.09 Å². The van der Waals surface area contributed by atoms with E-state index in [1.165, 1.54) is 7.11 Å². The van der Waals surface area contributed by atoms with Crippen LogP contribution in [0.3, 0.4) is 0 Å². The molecule has 0 spiro atoms. The monoisotopic (exact) mass is 393 g/mol. The molecule has 0 aliphatic heterocycles. The van der Waals surface area contributed by atoms with Crippen LogP contribution in [0.2, 0.25) is 5.15 Å². The quantitative estimate of drug-likeness (QED) is 0.539. The molecule has 5 N–H and O–H groups in total. The van der Waals surface area contributed by atoms with Crippen LogP contribution < -0.4 is 21.1 Å². The topological polar surface area (TPSA) is 139 Å². The molecule has 2 rings (SSSR count). The first-order chi connectivity index (χ1) is 12.8. The summed E-state index contributed by atoms with van der Waals surface area (Å²) in [6.07, 6.45) is -0.141. The van der Waals surface area contributed by atoms with Crippen molar-refractivity contribution in [3.8, 4) is 5.75 Å². The Kier molecular flexibility index (Phi) is 6.78. The highest BCUT2D eigenvalue weighted by Crippen LogP contribution is 2.26. The Balaban J connectivity index is 2.34. The summed E-state index contributed by atoms with van der Waals surface area (Å²) in [5.41, 5.74) is 7.24. The van der Waals surface area contributed by atoms with Gasteiger partial charge in [-0.3, -0.25) is 4.79 Å². The molecule has 0 unspecified atom stereocenters. The number of rotatable bonds is 8. The smallest absolute Gasteiger partial charge is 0.404 e. The first kappa shape index (κ1) is 20.2. The number of amides is 2. The minimum atomic E-state index is -1.09. The number of carboxylic acid groups (broad SMARTS) is 1. The zero-order valence-electron chi connectivity index (χ0n) is 14.9. The third-order valence-electron chi connectivity index (χ3n) is 3.64. The zero-order valence-corrected chi connectivity index (χ0v) is 15.6. The van der Waals surface area contributed by atoms with Gasteiger partial charge in [0.25, 0.3) is 5.91 Å². The third-order valence-corrected chi connectivity index (χ3v) is 3.94. The fourth-order valence-corrected chi connectivity index (χ4v) is 2.64. The summed E-state index contributed by atoms with van der Waals surface area (Å²) in [5.74, 6) is -0.0482. The summed E-state index contributed by atoms with van der Waals surface area (Å²) in [6, 6.07) is 5.25. The van der Waals surface area contributed by atoms with Gasteiger partial charge in [-0.05, 0) is 30.5 Å². The van der Waals surface area contributed by atoms with Gasteiger partial charge in [-0.15, -0.1) is 0 Å². The average molecular weight is 394 g/mol. The van der Waals surface area contributed by atoms with Crippen LogP contribution >= 0.6 is 11.6 Å². The highest BCUT2D eigenvalue weighted by Gasteiger charge is 2.16. The van der Waals surface area contributed by atoms with Crippen LogP contribution in [-0.2, 0) is 12.8 Å². The third kappa shape index (κ3) is 5.45. The number of benzene rings is 1. The van der Waals surface area contributed by atoms with Gasteiger partial charge in [0.15, 0.2) is 16.7 Å². The molecule has 0 aliphatic carbocycles. The van der Waals surface area contributed by atoms with Crippen molar-refractivity contribution in [3.05, 3.63) is 40.3 Å². The molecule has 1 heterocycles. The minimum absolute atomic E-state index is 0.0202. The number of aryl methyl sites for hydroxylation is 1. The summed E-state index contributed by atoms with van der Waals surface area (Å²) in [6.45, 7) is 2.08. The van der Waals surface area contributed by atoms with E-state index in [0.717, 1.165) is 5.56 Å². The second kappa shape index (κ2) is 9.04. The van der Waals surface area contributed by atoms with Crippen molar-refractivity contribution in [2.75, 3.05) is 19.0 Å². The van der Waals surface area contributed by atoms with Crippen molar-refractivity contribution in [2.45, 2.75) is 19.8 Å². The number of primary amides is 1. The van der Waals surface area contributed by atoms with E-state index < -0.39 is 12.0 Å². The van der Waals surface area contributed by atoms with Gasteiger partial charge in [-0.25, -0.2) is 14.8 Å². The van der Waals surface area contributed by atoms with E-state index in [9.17, 15) is 9.59 Å². The lowest BCUT2D eigenvalue weighted by Gasteiger charge is -2.13. The first-order valence-electron chi connectivity index (χ1n) is 8.12. The molecular weight excluding hydrogens is 374 g/mol. The Morgan fingerprint density at radius 1 is 1.30 bits per heavy atom. The number of hydrogen-bond donors (Lipinski definition) is 4. The normalized spacial score (nSPS) is 10.3. The van der Waals surface area contributed by atoms with E-state index in [4.69, 9.17) is 27.2 Å². The van der Waals surface area contributed by atoms with Crippen LogP contribution in [0, 0.1) is 0 Å². The summed E-state index contributed by atoms with van der Waals surface area (Å²) in [5, 5.41) is 14.1. The molecule has 0 bridgehead atoms. The van der Waals surface area contributed by atoms with E-state index in [0.29, 0.717) is 30.0 Å². The molecule has 2 amide bonds. The Morgan fingerprint density at radius 2 is 2.04 bits per heavy atom. The molecule has 0 saturated carbocycles. The molecule has 2 aromatic rings. The highest BCUT2D eigenvalue weighted by atomic mass is 35.5. The summed E-state index contributed by atoms with van der Waals surface area (Å²) in [7, 11) is 1.51. The van der Waals surface area contributed by atoms with Crippen molar-refractivity contribution >= 4 is 35.1 Å². The van der Waals surface area contributed by atoms with E-state index in [2.05, 4.69) is 20.6 Å². The maximum Gasteiger partial charge on any atom is 0.404 e. The number of nitrogens with one attached hydrogen (secondary N) is 2. The van der Waals surface area contributed by atoms with Crippen LogP contribution in [0.15, 0.2) is 18.2 Å². The van der Waals surface area contributed by atoms with Crippen molar-refractivity contribution < 1.29 is 19.4 Å². The summed E-state index contributed by atoms with van der Waals surface area (Å²) < 4.78 is 5.27. The lowest BCUT2D eigenvalue weighted by molar-refractivity contribution is 0.0996. The van der Waals surface area contributed by atoms with E-state index in [1.54, 1.807) is 18.2 Å². The van der Waals surface area contributed by atoms with Crippen molar-refractivity contribution in [2.24, 2.45) is 5.73 Å². The number of methoxy groups -OCH3 is 1. The zero-order chi connectivity index (χ0) is 20.0. The molecular formula is C17H20ClN5O4. The molecule has 144 valence electrons. The molecule has 0 radical (unpaired) electrons. The molecule has 9 nitrogen and oxygen atoms in total. The van der Waals surface area contributed by atoms with Crippen LogP contribution in [0.5, 0.6) is 5.75 Å². The van der Waals surface area contributed by atoms with Gasteiger partial charge in [0.1, 0.15) is 5.75 Å². The second-order valence-corrected chi connectivity index (χ2v) is 5.91. The Bertz CT molecular complexity index is 859. The number of nitrogens with two attached hydrogens (primary N) is 1. The number of carbonyl (C=O) groups is 2. The maximum absolute atomic E-state index is 11.7. The molecule has 27 heavy (non-hydrogen) atoms. The maximum atomic E-state index is 11.7. The molecule has 1 aromatic carbocycles. The van der Waals surface area contributed by atoms with Gasteiger partial charge in [0.2, 0.25) is 0 Å². The Morgan fingerprint density at radius 3 is 2.63 bits per heavy atom. The molecule has 0 fully saturated rings. The fraction of sp³-hybridized carbons (Fsp3) is 0.294. The number of hydrogen-bond acceptors (Lipinski definition) is 6. The summed E-state index contributed by atoms with van der Waals surface area (Å²) >= 11 is 6.11. The number of halogens is 1. The molecule has 10 heteroatoms. The summed E-state index contributed by atoms with van der Waals surface area (Å²) in [4.78, 5) is 30.7. The SMILES string of the molecule is CCc1nc(C(N)=O)c(Nc2cc(CCNC(=O)O)cc(OC)c2)nc1Cl. The first-order valence-corrected chi connectivity index (χ1v) is 8.49. The van der Waals surface area contributed by atoms with E-state index in [-0.39, 0.29) is 23.2 Å². The van der Waals surface area contributed by atoms with Crippen molar-refractivity contribution in [3.63, 3.8) is 0 Å². The van der Waals surface area contributed by atoms with E-state index >= 15 is 0 Å². The average Bonchev–Trinajstić information content (AvgIpc) is 2.61. The van der Waals surface area contributed by atoms with Crippen LogP contribution in [0.1, 0.15) is 28.7 Å². The lowest BCUT2D eigenvalue weighted by atomic mass is 10.1. The largest absolute Gasteiger partial charge is 0.497 e. The number of aromatic nitrogens is 2. The van der Waals surface area contributed by atoms with Gasteiger partial charge in [-0.1, -0.05) is 18.5 Å². The van der Waals surface area contributed by atoms with Gasteiger partial charge < -0.3 is 26.2 Å². The Labute approximate surface area is 160 Å². The highest BCUT2D eigenvalue weighted by molar-refractivity contribution is 6.30. The predicted molar refractivity (Wildman–Crippen MR) is 101 cm³/mol. The van der Waals surface area contributed by atoms with Gasteiger partial charge in [0.05, 0.1) is 12.8 Å². The number of ether oxygens (including phenoxy) is 1. The van der Waals surface area contributed by atoms with Crippen LogP contribution in [-0.4, -0.2) is 40.7 Å². The van der Waals surface area contributed by atoms with Crippen molar-refractivity contribution in [1.82, 2.24) is 15.3 Å². The van der Waals surface area contributed by atoms with E-state index in [1.807, 2.05) is 6.92 Å². The predicted octanol–water partition coefficient (Wildman–Crippen LogP) is 2.35. The van der Waals surface area contributed by atoms with Crippen LogP contribution in [0.4, 0.5) is 16.3 Å².